The van der Waals surface area contributed by atoms with Crippen LogP contribution in [0.2, 0.25) is 0 Å². The lowest BCUT2D eigenvalue weighted by molar-refractivity contribution is -0.139. The van der Waals surface area contributed by atoms with E-state index >= 15 is 0 Å². The van der Waals surface area contributed by atoms with Gasteiger partial charge in [0, 0.05) is 5.57 Å². The largest absolute Gasteiger partial charge is 0.463 e. The first-order valence-electron chi connectivity index (χ1n) is 3.96. The minimum Gasteiger partial charge on any atom is -0.463 e. The lowest BCUT2D eigenvalue weighted by atomic mass is 10.0. The van der Waals surface area contributed by atoms with E-state index < -0.39 is 0 Å². The van der Waals surface area contributed by atoms with E-state index in [-0.39, 0.29) is 11.9 Å². The van der Waals surface area contributed by atoms with Gasteiger partial charge in [0.25, 0.3) is 0 Å². The summed E-state index contributed by atoms with van der Waals surface area (Å²) in [6, 6.07) is 0. The van der Waals surface area contributed by atoms with E-state index in [4.69, 9.17) is 4.74 Å². The summed E-state index contributed by atoms with van der Waals surface area (Å²) in [7, 11) is 0. The molecule has 0 aromatic carbocycles. The van der Waals surface area contributed by atoms with Gasteiger partial charge in [0.1, 0.15) is 0 Å². The van der Waals surface area contributed by atoms with Gasteiger partial charge in [-0.3, -0.25) is 0 Å². The average Bonchev–Trinajstić information content (AvgIpc) is 1.88. The Bertz CT molecular complexity index is 157. The lowest BCUT2D eigenvalue weighted by Gasteiger charge is -2.08. The topological polar surface area (TPSA) is 26.3 Å². The quantitative estimate of drug-likeness (QED) is 0.462. The molecule has 0 aromatic rings. The Morgan fingerprint density at radius 3 is 2.36 bits per heavy atom. The van der Waals surface area contributed by atoms with Gasteiger partial charge in [-0.05, 0) is 19.8 Å². The minimum absolute atomic E-state index is 0.190. The van der Waals surface area contributed by atoms with Crippen molar-refractivity contribution < 1.29 is 9.53 Å². The Balaban J connectivity index is 4.17. The van der Waals surface area contributed by atoms with Gasteiger partial charge in [-0.2, -0.15) is 0 Å². The second-order valence-corrected chi connectivity index (χ2v) is 2.62. The smallest absolute Gasteiger partial charge is 0.333 e. The summed E-state index contributed by atoms with van der Waals surface area (Å²) >= 11 is 0. The molecular formula is C9H16O2. The molecule has 11 heavy (non-hydrogen) atoms. The van der Waals surface area contributed by atoms with Crippen LogP contribution in [-0.4, -0.2) is 12.6 Å². The maximum atomic E-state index is 11.1. The van der Waals surface area contributed by atoms with Crippen molar-refractivity contribution in [3.8, 4) is 0 Å². The highest BCUT2D eigenvalue weighted by Crippen LogP contribution is 2.10. The summed E-state index contributed by atoms with van der Waals surface area (Å²) in [4.78, 5) is 11.1. The van der Waals surface area contributed by atoms with Crippen molar-refractivity contribution in [1.29, 1.82) is 0 Å². The molecule has 0 N–H and O–H groups in total. The first-order chi connectivity index (χ1) is 5.13. The molecule has 0 rings (SSSR count). The zero-order valence-corrected chi connectivity index (χ0v) is 7.68. The molecule has 0 heterocycles. The predicted octanol–water partition coefficient (Wildman–Crippen LogP) is 2.15. The van der Waals surface area contributed by atoms with Crippen LogP contribution >= 0.6 is 0 Å². The summed E-state index contributed by atoms with van der Waals surface area (Å²) in [5.74, 6) is 0.0593. The average molecular weight is 156 g/mol. The summed E-state index contributed by atoms with van der Waals surface area (Å²) in [5.41, 5.74) is 0.756. The molecule has 0 saturated carbocycles. The number of hydrogen-bond acceptors (Lipinski definition) is 2. The molecule has 0 radical (unpaired) electrons. The number of allylic oxidation sites excluding steroid dienone is 1. The molecule has 0 aliphatic heterocycles. The molecular weight excluding hydrogens is 140 g/mol. The second-order valence-electron chi connectivity index (χ2n) is 2.62. The zero-order valence-electron chi connectivity index (χ0n) is 7.68. The van der Waals surface area contributed by atoms with E-state index in [0.717, 1.165) is 5.57 Å². The summed E-state index contributed by atoms with van der Waals surface area (Å²) in [6.07, 6.45) is 1.81. The summed E-state index contributed by atoms with van der Waals surface area (Å²) in [5, 5.41) is 0. The third-order valence-corrected chi connectivity index (χ3v) is 1.44. The molecule has 0 fully saturated rings. The molecule has 0 unspecified atom stereocenters. The number of hydrogen-bond donors (Lipinski definition) is 0. The molecule has 0 aliphatic rings. The summed E-state index contributed by atoms with van der Waals surface area (Å²) < 4.78 is 4.85. The lowest BCUT2D eigenvalue weighted by Crippen LogP contribution is -2.11. The van der Waals surface area contributed by atoms with Crippen molar-refractivity contribution in [2.75, 3.05) is 6.61 Å². The van der Waals surface area contributed by atoms with Crippen LogP contribution in [0.4, 0.5) is 0 Å². The number of esters is 1. The minimum atomic E-state index is -0.190. The molecule has 0 aliphatic carbocycles. The van der Waals surface area contributed by atoms with Crippen molar-refractivity contribution >= 4 is 5.97 Å². The fraction of sp³-hybridized carbons (Fsp3) is 0.667. The van der Waals surface area contributed by atoms with Gasteiger partial charge in [-0.1, -0.05) is 19.9 Å². The fourth-order valence-corrected chi connectivity index (χ4v) is 0.901. The molecule has 0 atom stereocenters. The third kappa shape index (κ3) is 3.21. The van der Waals surface area contributed by atoms with Crippen LogP contribution in [0.5, 0.6) is 0 Å². The molecule has 0 aromatic heterocycles. The molecule has 0 saturated heterocycles. The van der Waals surface area contributed by atoms with Gasteiger partial charge in [-0.25, -0.2) is 4.79 Å². The van der Waals surface area contributed by atoms with E-state index in [1.165, 1.54) is 0 Å². The molecule has 0 bridgehead atoms. The van der Waals surface area contributed by atoms with Crippen molar-refractivity contribution in [2.45, 2.75) is 27.7 Å². The third-order valence-electron chi connectivity index (χ3n) is 1.44. The van der Waals surface area contributed by atoms with Crippen LogP contribution in [0, 0.1) is 5.92 Å². The van der Waals surface area contributed by atoms with Crippen LogP contribution < -0.4 is 0 Å². The number of rotatable bonds is 3. The van der Waals surface area contributed by atoms with Gasteiger partial charge >= 0.3 is 5.97 Å². The number of ether oxygens (including phenoxy) is 1. The van der Waals surface area contributed by atoms with Crippen molar-refractivity contribution in [3.05, 3.63) is 11.6 Å². The van der Waals surface area contributed by atoms with E-state index in [2.05, 4.69) is 0 Å². The van der Waals surface area contributed by atoms with Crippen LogP contribution in [0.1, 0.15) is 27.7 Å². The van der Waals surface area contributed by atoms with Crippen molar-refractivity contribution in [3.63, 3.8) is 0 Å². The van der Waals surface area contributed by atoms with Gasteiger partial charge in [-0.15, -0.1) is 0 Å². The Labute approximate surface area is 68.2 Å². The molecule has 0 spiro atoms. The first kappa shape index (κ1) is 10.2. The maximum absolute atomic E-state index is 11.1. The van der Waals surface area contributed by atoms with Gasteiger partial charge in [0.15, 0.2) is 0 Å². The Morgan fingerprint density at radius 2 is 2.09 bits per heavy atom. The Hall–Kier alpha value is -0.790. The highest BCUT2D eigenvalue weighted by molar-refractivity contribution is 5.88. The van der Waals surface area contributed by atoms with Gasteiger partial charge in [0.2, 0.25) is 0 Å². The van der Waals surface area contributed by atoms with E-state index in [0.29, 0.717) is 6.61 Å². The SMILES string of the molecule is CC=C(C(=O)OCC)C(C)C. The monoisotopic (exact) mass is 156 g/mol. The second kappa shape index (κ2) is 4.94. The highest BCUT2D eigenvalue weighted by Gasteiger charge is 2.12. The first-order valence-corrected chi connectivity index (χ1v) is 3.96. The molecule has 2 nitrogen and oxygen atoms in total. The van der Waals surface area contributed by atoms with Crippen LogP contribution in [0.15, 0.2) is 11.6 Å². The molecule has 64 valence electrons. The van der Waals surface area contributed by atoms with Crippen molar-refractivity contribution in [1.82, 2.24) is 0 Å². The van der Waals surface area contributed by atoms with E-state index in [9.17, 15) is 4.79 Å². The van der Waals surface area contributed by atoms with Gasteiger partial charge in [0.05, 0.1) is 6.61 Å². The Morgan fingerprint density at radius 1 is 1.55 bits per heavy atom. The summed E-state index contributed by atoms with van der Waals surface area (Å²) in [6.45, 7) is 8.07. The number of carbonyl (C=O) groups is 1. The van der Waals surface area contributed by atoms with E-state index in [1.54, 1.807) is 0 Å². The van der Waals surface area contributed by atoms with Crippen LogP contribution in [0.3, 0.4) is 0 Å². The van der Waals surface area contributed by atoms with Crippen molar-refractivity contribution in [2.24, 2.45) is 5.92 Å². The number of carbonyl (C=O) groups excluding carboxylic acids is 1. The van der Waals surface area contributed by atoms with Crippen LogP contribution in [0.25, 0.3) is 0 Å². The highest BCUT2D eigenvalue weighted by atomic mass is 16.5. The normalized spacial score (nSPS) is 11.9. The predicted molar refractivity (Wildman–Crippen MR) is 45.2 cm³/mol. The zero-order chi connectivity index (χ0) is 8.85. The fourth-order valence-electron chi connectivity index (χ4n) is 0.901. The molecule has 0 amide bonds. The maximum Gasteiger partial charge on any atom is 0.333 e. The Kier molecular flexibility index (Phi) is 4.59. The molecule has 2 heteroatoms. The van der Waals surface area contributed by atoms with Crippen LogP contribution in [-0.2, 0) is 9.53 Å². The van der Waals surface area contributed by atoms with Gasteiger partial charge < -0.3 is 4.74 Å². The standard InChI is InChI=1S/C9H16O2/c1-5-8(7(3)4)9(10)11-6-2/h5,7H,6H2,1-4H3. The van der Waals surface area contributed by atoms with E-state index in [1.807, 2.05) is 33.8 Å².